The van der Waals surface area contributed by atoms with E-state index in [1.807, 2.05) is 50.2 Å². The van der Waals surface area contributed by atoms with Crippen molar-refractivity contribution in [3.63, 3.8) is 0 Å². The number of para-hydroxylation sites is 1. The minimum Gasteiger partial charge on any atom is -0.485 e. The van der Waals surface area contributed by atoms with Crippen LogP contribution in [0.5, 0.6) is 5.75 Å². The highest BCUT2D eigenvalue weighted by Crippen LogP contribution is 2.21. The van der Waals surface area contributed by atoms with Gasteiger partial charge in [-0.1, -0.05) is 25.1 Å². The molecule has 146 valence electrons. The van der Waals surface area contributed by atoms with Crippen LogP contribution in [0.4, 0.5) is 0 Å². The maximum atomic E-state index is 12.1. The minimum atomic E-state index is -0.467. The van der Waals surface area contributed by atoms with Crippen molar-refractivity contribution in [3.8, 4) is 5.75 Å². The Morgan fingerprint density at radius 2 is 2.00 bits per heavy atom. The molecule has 2 aromatic heterocycles. The van der Waals surface area contributed by atoms with Crippen molar-refractivity contribution in [2.45, 2.75) is 33.4 Å². The number of carbonyl (C=O) groups is 2. The third kappa shape index (κ3) is 5.13. The Hall–Kier alpha value is -3.27. The number of rotatable bonds is 7. The molecule has 0 unspecified atom stereocenters. The molecule has 0 bridgehead atoms. The van der Waals surface area contributed by atoms with E-state index in [1.54, 1.807) is 0 Å². The molecule has 9 nitrogen and oxygen atoms in total. The van der Waals surface area contributed by atoms with Crippen LogP contribution in [0.25, 0.3) is 0 Å². The predicted octanol–water partition coefficient (Wildman–Crippen LogP) is 1.65. The number of hydrogen-bond acceptors (Lipinski definition) is 7. The molecule has 3 aromatic rings. The van der Waals surface area contributed by atoms with E-state index in [0.29, 0.717) is 16.5 Å². The van der Waals surface area contributed by atoms with Crippen LogP contribution in [-0.4, -0.2) is 32.0 Å². The second-order valence-electron chi connectivity index (χ2n) is 5.91. The number of nitrogens with zero attached hydrogens (tertiary/aromatic N) is 4. The van der Waals surface area contributed by atoms with Crippen LogP contribution in [0.15, 0.2) is 36.4 Å². The van der Waals surface area contributed by atoms with Gasteiger partial charge in [-0.25, -0.2) is 0 Å². The topological polar surface area (TPSA) is 111 Å². The van der Waals surface area contributed by atoms with Crippen LogP contribution in [0.2, 0.25) is 0 Å². The minimum absolute atomic E-state index is 0.139. The SMILES string of the molecule is CCc1sc(C(=O)NNC(=O)Cn2nnc(COc3ccccc3)n2)cc1C. The van der Waals surface area contributed by atoms with E-state index in [4.69, 9.17) is 4.74 Å². The van der Waals surface area contributed by atoms with Gasteiger partial charge in [-0.2, -0.15) is 4.80 Å². The lowest BCUT2D eigenvalue weighted by Gasteiger charge is -2.05. The van der Waals surface area contributed by atoms with E-state index in [0.717, 1.165) is 21.7 Å². The van der Waals surface area contributed by atoms with E-state index < -0.39 is 5.91 Å². The number of carbonyl (C=O) groups excluding carboxylic acids is 2. The number of hydrazine groups is 1. The highest BCUT2D eigenvalue weighted by Gasteiger charge is 2.13. The Morgan fingerprint density at radius 3 is 2.71 bits per heavy atom. The first-order valence-corrected chi connectivity index (χ1v) is 9.50. The number of ether oxygens (including phenoxy) is 1. The maximum Gasteiger partial charge on any atom is 0.279 e. The highest BCUT2D eigenvalue weighted by molar-refractivity contribution is 7.14. The third-order valence-electron chi connectivity index (χ3n) is 3.77. The third-order valence-corrected chi connectivity index (χ3v) is 5.15. The van der Waals surface area contributed by atoms with E-state index in [2.05, 4.69) is 26.3 Å². The fourth-order valence-corrected chi connectivity index (χ4v) is 3.41. The van der Waals surface area contributed by atoms with Gasteiger partial charge in [0.25, 0.3) is 11.8 Å². The summed E-state index contributed by atoms with van der Waals surface area (Å²) in [5, 5.41) is 11.7. The normalized spacial score (nSPS) is 10.5. The maximum absolute atomic E-state index is 12.1. The van der Waals surface area contributed by atoms with E-state index in [9.17, 15) is 9.59 Å². The molecule has 0 fully saturated rings. The van der Waals surface area contributed by atoms with Gasteiger partial charge in [-0.15, -0.1) is 21.5 Å². The molecule has 3 rings (SSSR count). The number of nitrogens with one attached hydrogen (secondary N) is 2. The number of thiophene rings is 1. The second-order valence-corrected chi connectivity index (χ2v) is 7.05. The van der Waals surface area contributed by atoms with Crippen LogP contribution in [-0.2, 0) is 24.4 Å². The van der Waals surface area contributed by atoms with E-state index in [-0.39, 0.29) is 19.1 Å². The Morgan fingerprint density at radius 1 is 1.21 bits per heavy atom. The van der Waals surface area contributed by atoms with Gasteiger partial charge in [0.2, 0.25) is 5.82 Å². The van der Waals surface area contributed by atoms with Crippen molar-refractivity contribution in [1.29, 1.82) is 0 Å². The number of aromatic nitrogens is 4. The molecule has 2 heterocycles. The summed E-state index contributed by atoms with van der Waals surface area (Å²) in [4.78, 5) is 26.9. The summed E-state index contributed by atoms with van der Waals surface area (Å²) in [5.41, 5.74) is 5.82. The summed E-state index contributed by atoms with van der Waals surface area (Å²) in [6, 6.07) is 11.1. The van der Waals surface area contributed by atoms with E-state index >= 15 is 0 Å². The molecule has 1 aromatic carbocycles. The average molecular weight is 400 g/mol. The fourth-order valence-electron chi connectivity index (χ4n) is 2.40. The molecule has 0 saturated heterocycles. The lowest BCUT2D eigenvalue weighted by Crippen LogP contribution is -2.43. The first-order valence-electron chi connectivity index (χ1n) is 8.68. The number of hydrogen-bond donors (Lipinski definition) is 2. The molecule has 0 atom stereocenters. The number of tetrazole rings is 1. The smallest absolute Gasteiger partial charge is 0.279 e. The molecule has 0 spiro atoms. The Bertz CT molecular complexity index is 953. The zero-order valence-corrected chi connectivity index (χ0v) is 16.3. The summed E-state index contributed by atoms with van der Waals surface area (Å²) in [6.07, 6.45) is 0.866. The molecule has 0 saturated carbocycles. The van der Waals surface area contributed by atoms with E-state index in [1.165, 1.54) is 11.3 Å². The standard InChI is InChI=1S/C18H20N6O3S/c1-3-14-12(2)9-15(28-14)18(26)21-20-17(25)10-24-22-16(19-23-24)11-27-13-7-5-4-6-8-13/h4-9H,3,10-11H2,1-2H3,(H,20,25)(H,21,26). The Balaban J connectivity index is 1.45. The van der Waals surface area contributed by atoms with Gasteiger partial charge >= 0.3 is 0 Å². The quantitative estimate of drug-likeness (QED) is 0.584. The van der Waals surface area contributed by atoms with Crippen molar-refractivity contribution in [1.82, 2.24) is 31.1 Å². The summed E-state index contributed by atoms with van der Waals surface area (Å²) in [6.45, 7) is 3.95. The second kappa shape index (κ2) is 9.09. The predicted molar refractivity (Wildman–Crippen MR) is 103 cm³/mol. The average Bonchev–Trinajstić information content (AvgIpc) is 3.31. The van der Waals surface area contributed by atoms with Gasteiger partial charge in [0, 0.05) is 4.88 Å². The van der Waals surface area contributed by atoms with Gasteiger partial charge in [-0.3, -0.25) is 20.4 Å². The van der Waals surface area contributed by atoms with Gasteiger partial charge in [-0.05, 0) is 42.3 Å². The van der Waals surface area contributed by atoms with Crippen molar-refractivity contribution in [2.75, 3.05) is 0 Å². The van der Waals surface area contributed by atoms with Crippen LogP contribution in [0.1, 0.15) is 32.9 Å². The lowest BCUT2D eigenvalue weighted by molar-refractivity contribution is -0.122. The fraction of sp³-hybridized carbons (Fsp3) is 0.278. The van der Waals surface area contributed by atoms with Gasteiger partial charge in [0.15, 0.2) is 6.61 Å². The first-order chi connectivity index (χ1) is 13.5. The number of amides is 2. The molecule has 2 N–H and O–H groups in total. The summed E-state index contributed by atoms with van der Waals surface area (Å²) >= 11 is 1.41. The van der Waals surface area contributed by atoms with Crippen LogP contribution < -0.4 is 15.6 Å². The van der Waals surface area contributed by atoms with Crippen molar-refractivity contribution < 1.29 is 14.3 Å². The monoisotopic (exact) mass is 400 g/mol. The summed E-state index contributed by atoms with van der Waals surface area (Å²) < 4.78 is 5.52. The molecule has 10 heteroatoms. The zero-order chi connectivity index (χ0) is 19.9. The van der Waals surface area contributed by atoms with Crippen LogP contribution in [0, 0.1) is 6.92 Å². The first kappa shape index (κ1) is 19.5. The zero-order valence-electron chi connectivity index (χ0n) is 15.5. The van der Waals surface area contributed by atoms with Gasteiger partial charge < -0.3 is 4.74 Å². The molecule has 28 heavy (non-hydrogen) atoms. The molecule has 0 aliphatic rings. The summed E-state index contributed by atoms with van der Waals surface area (Å²) in [5.74, 6) is 0.214. The lowest BCUT2D eigenvalue weighted by atomic mass is 10.2. The van der Waals surface area contributed by atoms with Gasteiger partial charge in [0.05, 0.1) is 4.88 Å². The van der Waals surface area contributed by atoms with Crippen molar-refractivity contribution >= 4 is 23.2 Å². The molecular formula is C18H20N6O3S. The molecule has 0 radical (unpaired) electrons. The summed E-state index contributed by atoms with van der Waals surface area (Å²) in [7, 11) is 0. The molecule has 2 amide bonds. The van der Waals surface area contributed by atoms with Gasteiger partial charge in [0.1, 0.15) is 12.3 Å². The van der Waals surface area contributed by atoms with Crippen LogP contribution >= 0.6 is 11.3 Å². The molecule has 0 aliphatic heterocycles. The largest absolute Gasteiger partial charge is 0.485 e. The Labute approximate surface area is 165 Å². The van der Waals surface area contributed by atoms with Crippen molar-refractivity contribution in [2.24, 2.45) is 0 Å². The van der Waals surface area contributed by atoms with Crippen molar-refractivity contribution in [3.05, 3.63) is 57.5 Å². The molecule has 0 aliphatic carbocycles. The number of benzene rings is 1. The molecular weight excluding hydrogens is 380 g/mol. The number of aryl methyl sites for hydroxylation is 2. The van der Waals surface area contributed by atoms with Crippen LogP contribution in [0.3, 0.4) is 0 Å². The Kier molecular flexibility index (Phi) is 6.33. The highest BCUT2D eigenvalue weighted by atomic mass is 32.1.